The molecule has 0 saturated heterocycles. The molecule has 82 valence electrons. The summed E-state index contributed by atoms with van der Waals surface area (Å²) in [6, 6.07) is 4.47. The van der Waals surface area contributed by atoms with Crippen molar-refractivity contribution < 1.29 is 0 Å². The van der Waals surface area contributed by atoms with Crippen molar-refractivity contribution in [1.82, 2.24) is 5.32 Å². The molecule has 0 amide bonds. The van der Waals surface area contributed by atoms with Gasteiger partial charge >= 0.3 is 0 Å². The molecule has 0 heterocycles. The standard InChI is InChI=1S/C12H15Cl2N/c1-2-7-15-11-6-4-9-8(11)3-5-10(13)12(9)14/h3,5,11,15H,2,4,6-7H2,1H3. The predicted molar refractivity (Wildman–Crippen MR) is 65.8 cm³/mol. The van der Waals surface area contributed by atoms with E-state index >= 15 is 0 Å². The van der Waals surface area contributed by atoms with Crippen molar-refractivity contribution in [2.24, 2.45) is 0 Å². The minimum atomic E-state index is 0.467. The lowest BCUT2D eigenvalue weighted by molar-refractivity contribution is 0.529. The van der Waals surface area contributed by atoms with Crippen LogP contribution in [0.5, 0.6) is 0 Å². The molecule has 1 aliphatic carbocycles. The molecule has 0 aromatic heterocycles. The SMILES string of the molecule is CCCNC1CCc2c1ccc(Cl)c2Cl. The molecule has 0 aliphatic heterocycles. The van der Waals surface area contributed by atoms with E-state index in [1.165, 1.54) is 11.1 Å². The van der Waals surface area contributed by atoms with Crippen molar-refractivity contribution in [3.8, 4) is 0 Å². The van der Waals surface area contributed by atoms with E-state index in [0.29, 0.717) is 11.1 Å². The molecule has 0 spiro atoms. The molecular weight excluding hydrogens is 229 g/mol. The van der Waals surface area contributed by atoms with E-state index < -0.39 is 0 Å². The molecule has 1 atom stereocenters. The molecule has 0 saturated carbocycles. The van der Waals surface area contributed by atoms with Gasteiger partial charge < -0.3 is 5.32 Å². The average Bonchev–Trinajstić information content (AvgIpc) is 2.64. The molecule has 15 heavy (non-hydrogen) atoms. The van der Waals surface area contributed by atoms with Crippen LogP contribution in [0.4, 0.5) is 0 Å². The van der Waals surface area contributed by atoms with Crippen LogP contribution in [-0.4, -0.2) is 6.54 Å². The highest BCUT2D eigenvalue weighted by Gasteiger charge is 2.24. The van der Waals surface area contributed by atoms with Crippen LogP contribution in [0.3, 0.4) is 0 Å². The summed E-state index contributed by atoms with van der Waals surface area (Å²) in [5, 5.41) is 4.95. The summed E-state index contributed by atoms with van der Waals surface area (Å²) in [6.45, 7) is 3.24. The van der Waals surface area contributed by atoms with Crippen LogP contribution in [0.25, 0.3) is 0 Å². The lowest BCUT2D eigenvalue weighted by Gasteiger charge is -2.13. The van der Waals surface area contributed by atoms with Gasteiger partial charge in [-0.1, -0.05) is 36.2 Å². The molecule has 1 unspecified atom stereocenters. The maximum absolute atomic E-state index is 6.18. The van der Waals surface area contributed by atoms with Crippen LogP contribution >= 0.6 is 23.2 Å². The summed E-state index contributed by atoms with van der Waals surface area (Å²) < 4.78 is 0. The van der Waals surface area contributed by atoms with E-state index in [0.717, 1.165) is 30.8 Å². The van der Waals surface area contributed by atoms with Crippen molar-refractivity contribution in [3.05, 3.63) is 33.3 Å². The van der Waals surface area contributed by atoms with Crippen molar-refractivity contribution in [3.63, 3.8) is 0 Å². The first-order valence-electron chi connectivity index (χ1n) is 5.44. The molecule has 0 bridgehead atoms. The Hall–Kier alpha value is -0.240. The van der Waals surface area contributed by atoms with Gasteiger partial charge in [0.05, 0.1) is 10.0 Å². The van der Waals surface area contributed by atoms with E-state index in [-0.39, 0.29) is 0 Å². The van der Waals surface area contributed by atoms with Gasteiger partial charge in [0.25, 0.3) is 0 Å². The van der Waals surface area contributed by atoms with Crippen LogP contribution in [0.1, 0.15) is 36.9 Å². The molecule has 1 aromatic rings. The molecule has 0 fully saturated rings. The lowest BCUT2D eigenvalue weighted by Crippen LogP contribution is -2.19. The van der Waals surface area contributed by atoms with Crippen LogP contribution in [0.2, 0.25) is 10.0 Å². The topological polar surface area (TPSA) is 12.0 Å². The molecular formula is C12H15Cl2N. The van der Waals surface area contributed by atoms with Gasteiger partial charge in [0.1, 0.15) is 0 Å². The van der Waals surface area contributed by atoms with Gasteiger partial charge in [0.2, 0.25) is 0 Å². The number of nitrogens with one attached hydrogen (secondary N) is 1. The quantitative estimate of drug-likeness (QED) is 0.847. The summed E-state index contributed by atoms with van der Waals surface area (Å²) in [7, 11) is 0. The lowest BCUT2D eigenvalue weighted by atomic mass is 10.1. The zero-order valence-electron chi connectivity index (χ0n) is 8.82. The Morgan fingerprint density at radius 2 is 2.20 bits per heavy atom. The Labute approximate surface area is 101 Å². The number of fused-ring (bicyclic) bond motifs is 1. The normalized spacial score (nSPS) is 19.3. The minimum Gasteiger partial charge on any atom is -0.310 e. The monoisotopic (exact) mass is 243 g/mol. The van der Waals surface area contributed by atoms with Crippen molar-refractivity contribution in [2.45, 2.75) is 32.2 Å². The number of hydrogen-bond acceptors (Lipinski definition) is 1. The van der Waals surface area contributed by atoms with E-state index in [1.807, 2.05) is 6.07 Å². The maximum atomic E-state index is 6.18. The van der Waals surface area contributed by atoms with Crippen molar-refractivity contribution >= 4 is 23.2 Å². The van der Waals surface area contributed by atoms with Gasteiger partial charge in [-0.2, -0.15) is 0 Å². The Kier molecular flexibility index (Phi) is 3.55. The van der Waals surface area contributed by atoms with Gasteiger partial charge in [-0.25, -0.2) is 0 Å². The predicted octanol–water partition coefficient (Wildman–Crippen LogP) is 3.98. The number of hydrogen-bond donors (Lipinski definition) is 1. The molecule has 1 aliphatic rings. The summed E-state index contributed by atoms with van der Waals surface area (Å²) in [5.74, 6) is 0. The Morgan fingerprint density at radius 1 is 1.40 bits per heavy atom. The van der Waals surface area contributed by atoms with Gasteiger partial charge in [0.15, 0.2) is 0 Å². The van der Waals surface area contributed by atoms with Crippen LogP contribution in [0, 0.1) is 0 Å². The number of rotatable bonds is 3. The summed E-state index contributed by atoms with van der Waals surface area (Å²) in [6.07, 6.45) is 3.33. The highest BCUT2D eigenvalue weighted by Crippen LogP contribution is 2.38. The van der Waals surface area contributed by atoms with Crippen molar-refractivity contribution in [2.75, 3.05) is 6.54 Å². The molecule has 1 nitrogen and oxygen atoms in total. The molecule has 0 radical (unpaired) electrons. The Morgan fingerprint density at radius 3 is 2.93 bits per heavy atom. The smallest absolute Gasteiger partial charge is 0.0627 e. The fourth-order valence-corrected chi connectivity index (χ4v) is 2.61. The number of benzene rings is 1. The molecule has 1 N–H and O–H groups in total. The van der Waals surface area contributed by atoms with Crippen LogP contribution in [0.15, 0.2) is 12.1 Å². The van der Waals surface area contributed by atoms with Crippen LogP contribution in [-0.2, 0) is 6.42 Å². The Balaban J connectivity index is 2.24. The molecule has 2 rings (SSSR count). The third kappa shape index (κ3) is 2.15. The van der Waals surface area contributed by atoms with Gasteiger partial charge in [-0.15, -0.1) is 0 Å². The van der Waals surface area contributed by atoms with E-state index in [1.54, 1.807) is 0 Å². The zero-order chi connectivity index (χ0) is 10.8. The summed E-state index contributed by atoms with van der Waals surface area (Å²) >= 11 is 12.2. The van der Waals surface area contributed by atoms with E-state index in [2.05, 4.69) is 18.3 Å². The molecule has 3 heteroatoms. The summed E-state index contributed by atoms with van der Waals surface area (Å²) in [4.78, 5) is 0. The highest BCUT2D eigenvalue weighted by molar-refractivity contribution is 6.42. The molecule has 1 aromatic carbocycles. The maximum Gasteiger partial charge on any atom is 0.0627 e. The van der Waals surface area contributed by atoms with Gasteiger partial charge in [-0.3, -0.25) is 0 Å². The largest absolute Gasteiger partial charge is 0.310 e. The first-order chi connectivity index (χ1) is 7.24. The van der Waals surface area contributed by atoms with Gasteiger partial charge in [0, 0.05) is 6.04 Å². The third-order valence-corrected chi connectivity index (χ3v) is 3.77. The van der Waals surface area contributed by atoms with E-state index in [9.17, 15) is 0 Å². The van der Waals surface area contributed by atoms with E-state index in [4.69, 9.17) is 23.2 Å². The second-order valence-electron chi connectivity index (χ2n) is 3.97. The second kappa shape index (κ2) is 4.73. The third-order valence-electron chi connectivity index (χ3n) is 2.93. The average molecular weight is 244 g/mol. The number of halogens is 2. The Bertz CT molecular complexity index is 363. The zero-order valence-corrected chi connectivity index (χ0v) is 10.3. The highest BCUT2D eigenvalue weighted by atomic mass is 35.5. The fraction of sp³-hybridized carbons (Fsp3) is 0.500. The first kappa shape index (κ1) is 11.3. The fourth-order valence-electron chi connectivity index (χ4n) is 2.16. The van der Waals surface area contributed by atoms with Crippen LogP contribution < -0.4 is 5.32 Å². The first-order valence-corrected chi connectivity index (χ1v) is 6.19. The van der Waals surface area contributed by atoms with Crippen molar-refractivity contribution in [1.29, 1.82) is 0 Å². The summed E-state index contributed by atoms with van der Waals surface area (Å²) in [5.41, 5.74) is 2.57. The second-order valence-corrected chi connectivity index (χ2v) is 4.76. The minimum absolute atomic E-state index is 0.467. The van der Waals surface area contributed by atoms with Gasteiger partial charge in [-0.05, 0) is 43.0 Å².